The van der Waals surface area contributed by atoms with Crippen LogP contribution in [0.15, 0.2) is 0 Å². The second-order valence-corrected chi connectivity index (χ2v) is 3.08. The van der Waals surface area contributed by atoms with Crippen LogP contribution in [0.1, 0.15) is 6.42 Å². The second kappa shape index (κ2) is 3.69. The lowest BCUT2D eigenvalue weighted by Gasteiger charge is -2.30. The highest BCUT2D eigenvalue weighted by molar-refractivity contribution is 5.74. The first-order valence-corrected chi connectivity index (χ1v) is 3.88. The summed E-state index contributed by atoms with van der Waals surface area (Å²) < 4.78 is 0. The molecule has 1 aliphatic rings. The maximum atomic E-state index is 10.5. The standard InChI is InChI=1S/C7H15N3O/c1-10-3-2-9-6(5-10)4-7(8)11/h6,9H,2-5H2,1H3,(H2,8,11). The van der Waals surface area contributed by atoms with E-state index in [1.807, 2.05) is 0 Å². The Morgan fingerprint density at radius 1 is 1.82 bits per heavy atom. The van der Waals surface area contributed by atoms with E-state index in [4.69, 9.17) is 5.73 Å². The van der Waals surface area contributed by atoms with Crippen LogP contribution in [0.3, 0.4) is 0 Å². The molecular formula is C7H15N3O. The van der Waals surface area contributed by atoms with Crippen molar-refractivity contribution in [2.24, 2.45) is 5.73 Å². The van der Waals surface area contributed by atoms with Gasteiger partial charge in [-0.3, -0.25) is 4.79 Å². The van der Waals surface area contributed by atoms with Gasteiger partial charge in [0.1, 0.15) is 0 Å². The molecule has 3 N–H and O–H groups in total. The molecule has 64 valence electrons. The number of nitrogens with two attached hydrogens (primary N) is 1. The van der Waals surface area contributed by atoms with Gasteiger partial charge in [0, 0.05) is 32.1 Å². The molecule has 0 aliphatic carbocycles. The Kier molecular flexibility index (Phi) is 2.84. The Hall–Kier alpha value is -0.610. The first-order chi connectivity index (χ1) is 5.18. The van der Waals surface area contributed by atoms with Crippen LogP contribution in [0, 0.1) is 0 Å². The predicted octanol–water partition coefficient (Wildman–Crippen LogP) is -1.23. The average Bonchev–Trinajstić information content (AvgIpc) is 1.85. The Morgan fingerprint density at radius 2 is 2.55 bits per heavy atom. The summed E-state index contributed by atoms with van der Waals surface area (Å²) in [5.41, 5.74) is 5.07. The lowest BCUT2D eigenvalue weighted by atomic mass is 10.1. The third kappa shape index (κ3) is 2.86. The minimum Gasteiger partial charge on any atom is -0.370 e. The summed E-state index contributed by atoms with van der Waals surface area (Å²) >= 11 is 0. The Labute approximate surface area is 66.7 Å². The quantitative estimate of drug-likeness (QED) is 0.527. The third-order valence-corrected chi connectivity index (χ3v) is 1.91. The number of carbonyl (C=O) groups excluding carboxylic acids is 1. The molecule has 0 aromatic carbocycles. The van der Waals surface area contributed by atoms with Gasteiger partial charge in [-0.2, -0.15) is 0 Å². The summed E-state index contributed by atoms with van der Waals surface area (Å²) in [4.78, 5) is 12.7. The largest absolute Gasteiger partial charge is 0.370 e. The van der Waals surface area contributed by atoms with Crippen molar-refractivity contribution < 1.29 is 4.79 Å². The molecule has 1 saturated heterocycles. The van der Waals surface area contributed by atoms with Crippen molar-refractivity contribution in [2.75, 3.05) is 26.7 Å². The summed E-state index contributed by atoms with van der Waals surface area (Å²) in [5, 5.41) is 3.24. The Morgan fingerprint density at radius 3 is 3.09 bits per heavy atom. The van der Waals surface area contributed by atoms with Crippen LogP contribution < -0.4 is 11.1 Å². The van der Waals surface area contributed by atoms with Crippen molar-refractivity contribution in [3.05, 3.63) is 0 Å². The predicted molar refractivity (Wildman–Crippen MR) is 43.1 cm³/mol. The highest BCUT2D eigenvalue weighted by Crippen LogP contribution is 1.98. The van der Waals surface area contributed by atoms with Crippen LogP contribution in [0.5, 0.6) is 0 Å². The molecule has 0 spiro atoms. The summed E-state index contributed by atoms with van der Waals surface area (Å²) in [6, 6.07) is 0.256. The van der Waals surface area contributed by atoms with Crippen molar-refractivity contribution in [1.29, 1.82) is 0 Å². The van der Waals surface area contributed by atoms with Gasteiger partial charge in [-0.25, -0.2) is 0 Å². The molecule has 1 aliphatic heterocycles. The van der Waals surface area contributed by atoms with Gasteiger partial charge in [0.15, 0.2) is 0 Å². The minimum absolute atomic E-state index is 0.224. The van der Waals surface area contributed by atoms with E-state index in [2.05, 4.69) is 17.3 Å². The number of piperazine rings is 1. The van der Waals surface area contributed by atoms with Crippen molar-refractivity contribution >= 4 is 5.91 Å². The summed E-state index contributed by atoms with van der Waals surface area (Å²) in [6.07, 6.45) is 0.449. The van der Waals surface area contributed by atoms with Gasteiger partial charge in [0.25, 0.3) is 0 Å². The number of likely N-dealkylation sites (N-methyl/N-ethyl adjacent to an activating group) is 1. The zero-order valence-corrected chi connectivity index (χ0v) is 6.84. The third-order valence-electron chi connectivity index (χ3n) is 1.91. The van der Waals surface area contributed by atoms with Crippen molar-refractivity contribution in [2.45, 2.75) is 12.5 Å². The molecule has 1 unspecified atom stereocenters. The maximum Gasteiger partial charge on any atom is 0.219 e. The molecule has 1 amide bonds. The van der Waals surface area contributed by atoms with E-state index in [9.17, 15) is 4.79 Å². The number of carbonyl (C=O) groups is 1. The van der Waals surface area contributed by atoms with Gasteiger partial charge in [-0.05, 0) is 7.05 Å². The van der Waals surface area contributed by atoms with E-state index in [1.165, 1.54) is 0 Å². The molecule has 1 fully saturated rings. The monoisotopic (exact) mass is 157 g/mol. The molecule has 0 saturated carbocycles. The van der Waals surface area contributed by atoms with Crippen molar-refractivity contribution in [3.63, 3.8) is 0 Å². The minimum atomic E-state index is -0.224. The molecule has 1 heterocycles. The van der Waals surface area contributed by atoms with Gasteiger partial charge in [0.05, 0.1) is 0 Å². The summed E-state index contributed by atoms with van der Waals surface area (Å²) in [7, 11) is 2.05. The molecule has 4 heteroatoms. The molecular weight excluding hydrogens is 142 g/mol. The first kappa shape index (κ1) is 8.49. The molecule has 1 rings (SSSR count). The number of rotatable bonds is 2. The normalized spacial score (nSPS) is 26.8. The molecule has 11 heavy (non-hydrogen) atoms. The Bertz CT molecular complexity index is 149. The van der Waals surface area contributed by atoms with Crippen LogP contribution in [0.4, 0.5) is 0 Å². The lowest BCUT2D eigenvalue weighted by molar-refractivity contribution is -0.118. The number of amides is 1. The van der Waals surface area contributed by atoms with Crippen molar-refractivity contribution in [3.8, 4) is 0 Å². The second-order valence-electron chi connectivity index (χ2n) is 3.08. The van der Waals surface area contributed by atoms with Crippen LogP contribution >= 0.6 is 0 Å². The van der Waals surface area contributed by atoms with E-state index in [0.29, 0.717) is 6.42 Å². The highest BCUT2D eigenvalue weighted by atomic mass is 16.1. The lowest BCUT2D eigenvalue weighted by Crippen LogP contribution is -2.50. The number of nitrogens with one attached hydrogen (secondary N) is 1. The van der Waals surface area contributed by atoms with Gasteiger partial charge in [0.2, 0.25) is 5.91 Å². The van der Waals surface area contributed by atoms with Crippen LogP contribution in [0.25, 0.3) is 0 Å². The SMILES string of the molecule is CN1CCNC(CC(N)=O)C1. The smallest absolute Gasteiger partial charge is 0.219 e. The molecule has 0 aromatic rings. The fourth-order valence-electron chi connectivity index (χ4n) is 1.37. The van der Waals surface area contributed by atoms with Crippen LogP contribution in [-0.2, 0) is 4.79 Å². The summed E-state index contributed by atoms with van der Waals surface area (Å²) in [6.45, 7) is 2.92. The van der Waals surface area contributed by atoms with Crippen LogP contribution in [-0.4, -0.2) is 43.5 Å². The van der Waals surface area contributed by atoms with E-state index < -0.39 is 0 Å². The zero-order chi connectivity index (χ0) is 8.27. The molecule has 0 radical (unpaired) electrons. The fraction of sp³-hybridized carbons (Fsp3) is 0.857. The average molecular weight is 157 g/mol. The van der Waals surface area contributed by atoms with Gasteiger partial charge < -0.3 is 16.0 Å². The van der Waals surface area contributed by atoms with E-state index in [-0.39, 0.29) is 11.9 Å². The van der Waals surface area contributed by atoms with Gasteiger partial charge in [-0.15, -0.1) is 0 Å². The highest BCUT2D eigenvalue weighted by Gasteiger charge is 2.17. The van der Waals surface area contributed by atoms with Crippen LogP contribution in [0.2, 0.25) is 0 Å². The number of nitrogens with zero attached hydrogens (tertiary/aromatic N) is 1. The molecule has 0 aromatic heterocycles. The molecule has 0 bridgehead atoms. The first-order valence-electron chi connectivity index (χ1n) is 3.88. The number of hydrogen-bond acceptors (Lipinski definition) is 3. The van der Waals surface area contributed by atoms with E-state index in [0.717, 1.165) is 19.6 Å². The van der Waals surface area contributed by atoms with Gasteiger partial charge >= 0.3 is 0 Å². The Balaban J connectivity index is 2.28. The maximum absolute atomic E-state index is 10.5. The number of hydrogen-bond donors (Lipinski definition) is 2. The zero-order valence-electron chi connectivity index (χ0n) is 6.84. The molecule has 4 nitrogen and oxygen atoms in total. The van der Waals surface area contributed by atoms with Crippen molar-refractivity contribution in [1.82, 2.24) is 10.2 Å². The fourth-order valence-corrected chi connectivity index (χ4v) is 1.37. The van der Waals surface area contributed by atoms with E-state index >= 15 is 0 Å². The molecule has 1 atom stereocenters. The van der Waals surface area contributed by atoms with Gasteiger partial charge in [-0.1, -0.05) is 0 Å². The topological polar surface area (TPSA) is 58.4 Å². The van der Waals surface area contributed by atoms with E-state index in [1.54, 1.807) is 0 Å². The summed E-state index contributed by atoms with van der Waals surface area (Å²) in [5.74, 6) is -0.224. The number of primary amides is 1.